The van der Waals surface area contributed by atoms with Gasteiger partial charge in [-0.3, -0.25) is 0 Å². The van der Waals surface area contributed by atoms with E-state index in [-0.39, 0.29) is 0 Å². The summed E-state index contributed by atoms with van der Waals surface area (Å²) >= 11 is 0. The first-order chi connectivity index (χ1) is 14.6. The lowest BCUT2D eigenvalue weighted by Crippen LogP contribution is -2.45. The van der Waals surface area contributed by atoms with E-state index in [9.17, 15) is 13.2 Å². The lowest BCUT2D eigenvalue weighted by Gasteiger charge is -2.32. The highest BCUT2D eigenvalue weighted by Gasteiger charge is 2.32. The van der Waals surface area contributed by atoms with Crippen molar-refractivity contribution in [1.29, 1.82) is 0 Å². The van der Waals surface area contributed by atoms with Crippen LogP contribution in [0.3, 0.4) is 0 Å². The van der Waals surface area contributed by atoms with Gasteiger partial charge in [0.15, 0.2) is 6.20 Å². The summed E-state index contributed by atoms with van der Waals surface area (Å²) in [6.07, 6.45) is 0.944. The summed E-state index contributed by atoms with van der Waals surface area (Å²) in [7, 11) is 0.550. The Kier molecular flexibility index (Phi) is 5.75. The third kappa shape index (κ3) is 4.43. The Morgan fingerprint density at radius 2 is 1.68 bits per heavy atom. The van der Waals surface area contributed by atoms with Crippen molar-refractivity contribution in [2.24, 2.45) is 7.05 Å². The number of pyridine rings is 1. The van der Waals surface area contributed by atoms with Gasteiger partial charge < -0.3 is 0 Å². The van der Waals surface area contributed by atoms with Crippen LogP contribution in [0.5, 0.6) is 0 Å². The Hall–Kier alpha value is -2.14. The number of halogens is 3. The zero-order valence-corrected chi connectivity index (χ0v) is 19.9. The quantitative estimate of drug-likeness (QED) is 0.321. The molecule has 31 heavy (non-hydrogen) atoms. The van der Waals surface area contributed by atoms with Crippen LogP contribution < -0.4 is 9.75 Å². The van der Waals surface area contributed by atoms with E-state index in [1.165, 1.54) is 41.9 Å². The van der Waals surface area contributed by atoms with Gasteiger partial charge in [0, 0.05) is 6.07 Å². The lowest BCUT2D eigenvalue weighted by atomic mass is 9.93. The number of aryl methyl sites for hydroxylation is 2. The largest absolute Gasteiger partial charge is 0.393 e. The van der Waals surface area contributed by atoms with Crippen molar-refractivity contribution in [3.8, 4) is 11.3 Å². The number of alkyl halides is 3. The smallest absolute Gasteiger partial charge is 0.200 e. The summed E-state index contributed by atoms with van der Waals surface area (Å²) in [4.78, 5) is 0. The Balaban J connectivity index is 1.87. The third-order valence-corrected chi connectivity index (χ3v) is 11.8. The molecule has 1 fully saturated rings. The lowest BCUT2D eigenvalue weighted by molar-refractivity contribution is -0.659. The molecular weight excluding hydrogens is 411 g/mol. The van der Waals surface area contributed by atoms with Crippen molar-refractivity contribution in [2.75, 3.05) is 0 Å². The fourth-order valence-electron chi connectivity index (χ4n) is 5.22. The third-order valence-electron chi connectivity index (χ3n) is 7.18. The molecule has 0 amide bonds. The van der Waals surface area contributed by atoms with E-state index < -0.39 is 20.7 Å². The molecule has 0 unspecified atom stereocenters. The minimum Gasteiger partial charge on any atom is -0.200 e. The molecule has 4 rings (SSSR count). The molecule has 1 aliphatic rings. The number of fused-ring (bicyclic) bond motifs is 1. The van der Waals surface area contributed by atoms with Gasteiger partial charge in [-0.2, -0.15) is 13.2 Å². The van der Waals surface area contributed by atoms with Crippen molar-refractivity contribution in [2.45, 2.75) is 64.3 Å². The van der Waals surface area contributed by atoms with E-state index in [2.05, 4.69) is 30.8 Å². The molecule has 0 N–H and O–H groups in total. The van der Waals surface area contributed by atoms with Crippen molar-refractivity contribution in [1.82, 2.24) is 0 Å². The van der Waals surface area contributed by atoms with Crippen LogP contribution >= 0.6 is 0 Å². The fraction of sp³-hybridized carbons (Fsp3) is 0.423. The maximum absolute atomic E-state index is 13.1. The average Bonchev–Trinajstić information content (AvgIpc) is 2.70. The number of hydrogen-bond acceptors (Lipinski definition) is 0. The molecule has 0 bridgehead atoms. The molecule has 2 heterocycles. The van der Waals surface area contributed by atoms with E-state index in [1.807, 2.05) is 31.7 Å². The van der Waals surface area contributed by atoms with Gasteiger partial charge in [-0.25, -0.2) is 4.57 Å². The minimum absolute atomic E-state index is 0.321. The van der Waals surface area contributed by atoms with E-state index in [1.54, 1.807) is 12.1 Å². The van der Waals surface area contributed by atoms with Gasteiger partial charge >= 0.3 is 6.18 Å². The van der Waals surface area contributed by atoms with Gasteiger partial charge in [0.1, 0.15) is 7.05 Å². The Morgan fingerprint density at radius 3 is 2.35 bits per heavy atom. The molecule has 1 saturated heterocycles. The van der Waals surface area contributed by atoms with Crippen molar-refractivity contribution >= 4 is 24.0 Å². The number of hydrogen-bond donors (Lipinski definition) is 0. The van der Waals surface area contributed by atoms with Crippen LogP contribution in [-0.2, 0) is 13.5 Å². The highest BCUT2D eigenvalue weighted by atomic mass is 28.3. The van der Waals surface area contributed by atoms with Gasteiger partial charge in [-0.15, -0.1) is 0 Å². The molecule has 0 atom stereocenters. The average molecular weight is 443 g/mol. The zero-order chi connectivity index (χ0) is 22.4. The summed E-state index contributed by atoms with van der Waals surface area (Å²) in [5.74, 6) is 0. The Labute approximate surface area is 183 Å². The number of aromatic nitrogens is 1. The van der Waals surface area contributed by atoms with Gasteiger partial charge in [0.2, 0.25) is 5.69 Å². The first-order valence-corrected chi connectivity index (χ1v) is 14.1. The zero-order valence-electron chi connectivity index (χ0n) is 18.9. The van der Waals surface area contributed by atoms with Crippen molar-refractivity contribution < 1.29 is 17.7 Å². The Bertz CT molecular complexity index is 1130. The first kappa shape index (κ1) is 22.1. The van der Waals surface area contributed by atoms with Crippen LogP contribution in [0.25, 0.3) is 22.0 Å². The molecule has 0 saturated carbocycles. The fourth-order valence-corrected chi connectivity index (χ4v) is 9.10. The highest BCUT2D eigenvalue weighted by Crippen LogP contribution is 2.34. The maximum Gasteiger partial charge on any atom is 0.393 e. The van der Waals surface area contributed by atoms with Crippen LogP contribution in [0, 0.1) is 13.8 Å². The van der Waals surface area contributed by atoms with Crippen molar-refractivity contribution in [3.63, 3.8) is 0 Å². The minimum atomic E-state index is -4.21. The van der Waals surface area contributed by atoms with Crippen LogP contribution in [0.4, 0.5) is 13.2 Å². The summed E-state index contributed by atoms with van der Waals surface area (Å²) in [6, 6.07) is 15.1. The van der Waals surface area contributed by atoms with E-state index in [4.69, 9.17) is 0 Å². The van der Waals surface area contributed by atoms with Gasteiger partial charge in [0.05, 0.1) is 25.4 Å². The molecule has 2 aromatic carbocycles. The molecule has 0 spiro atoms. The second-order valence-corrected chi connectivity index (χ2v) is 14.3. The van der Waals surface area contributed by atoms with E-state index in [0.29, 0.717) is 5.56 Å². The first-order valence-electron chi connectivity index (χ1n) is 11.2. The summed E-state index contributed by atoms with van der Waals surface area (Å²) in [5, 5.41) is 3.80. The van der Waals surface area contributed by atoms with E-state index in [0.717, 1.165) is 27.8 Å². The van der Waals surface area contributed by atoms with E-state index >= 15 is 0 Å². The Morgan fingerprint density at radius 1 is 0.968 bits per heavy atom. The number of nitrogens with zero attached hydrogens (tertiary/aromatic N) is 1. The maximum atomic E-state index is 13.1. The molecule has 1 nitrogen and oxygen atoms in total. The van der Waals surface area contributed by atoms with Crippen molar-refractivity contribution in [3.05, 3.63) is 59.3 Å². The predicted octanol–water partition coefficient (Wildman–Crippen LogP) is 6.52. The van der Waals surface area contributed by atoms with Gasteiger partial charge in [-0.05, 0) is 48.1 Å². The molecule has 1 aliphatic heterocycles. The monoisotopic (exact) mass is 442 g/mol. The standard InChI is InChI=1S/C26H31F3NSi/c1-18-14-20(17-26(27,28)29)15-24(19(18)2)25-23-9-8-22(16-21(23)10-11-30(25)3)31(4)12-6-5-7-13-31/h8-11,14-16H,5-7,12-13,17H2,1-4H3/q+1. The molecule has 3 aromatic rings. The SMILES string of the molecule is Cc1cc(CC(F)(F)F)cc(-c2c3ccc([Si]4(C)CCCCC4)cc3cc[n+]2C)c1C. The number of benzene rings is 2. The second kappa shape index (κ2) is 8.08. The summed E-state index contributed by atoms with van der Waals surface area (Å²) in [5.41, 5.74) is 4.13. The van der Waals surface area contributed by atoms with Crippen LogP contribution in [-0.4, -0.2) is 14.3 Å². The topological polar surface area (TPSA) is 3.88 Å². The summed E-state index contributed by atoms with van der Waals surface area (Å²) < 4.78 is 41.3. The van der Waals surface area contributed by atoms with Crippen LogP contribution in [0.1, 0.15) is 36.0 Å². The van der Waals surface area contributed by atoms with Crippen LogP contribution in [0.15, 0.2) is 42.6 Å². The second-order valence-electron chi connectivity index (χ2n) is 9.58. The normalized spacial score (nSPS) is 16.6. The number of rotatable bonds is 3. The van der Waals surface area contributed by atoms with Gasteiger partial charge in [0.25, 0.3) is 0 Å². The van der Waals surface area contributed by atoms with Crippen LogP contribution in [0.2, 0.25) is 18.6 Å². The van der Waals surface area contributed by atoms with Gasteiger partial charge in [-0.1, -0.05) is 61.3 Å². The highest BCUT2D eigenvalue weighted by molar-refractivity contribution is 6.91. The predicted molar refractivity (Wildman–Crippen MR) is 125 cm³/mol. The molecular formula is C26H31F3NSi+. The molecule has 1 aromatic heterocycles. The molecule has 0 aliphatic carbocycles. The molecule has 5 heteroatoms. The molecule has 164 valence electrons. The summed E-state index contributed by atoms with van der Waals surface area (Å²) in [6.45, 7) is 6.41. The molecule has 0 radical (unpaired) electrons.